The van der Waals surface area contributed by atoms with Crippen LogP contribution in [0.3, 0.4) is 0 Å². The molecule has 1 spiro atoms. The van der Waals surface area contributed by atoms with Crippen molar-refractivity contribution in [2.75, 3.05) is 12.9 Å². The molecule has 0 radical (unpaired) electrons. The number of carbonyl (C=O) groups excluding carboxylic acids is 1. The van der Waals surface area contributed by atoms with Gasteiger partial charge in [0.1, 0.15) is 0 Å². The van der Waals surface area contributed by atoms with Crippen molar-refractivity contribution >= 4 is 17.5 Å². The molecule has 2 fully saturated rings. The van der Waals surface area contributed by atoms with Gasteiger partial charge in [0, 0.05) is 22.6 Å². The van der Waals surface area contributed by atoms with Gasteiger partial charge < -0.3 is 4.74 Å². The fraction of sp³-hybridized carbons (Fsp3) is 0.536. The Balaban J connectivity index is 1.51. The van der Waals surface area contributed by atoms with Gasteiger partial charge in [0.15, 0.2) is 5.78 Å². The summed E-state index contributed by atoms with van der Waals surface area (Å²) in [5, 5.41) is 0. The molecule has 5 atom stereocenters. The molecule has 162 valence electrons. The van der Waals surface area contributed by atoms with E-state index >= 15 is 0 Å². The molecule has 0 unspecified atom stereocenters. The Labute approximate surface area is 190 Å². The molecular weight excluding hydrogens is 400 g/mol. The van der Waals surface area contributed by atoms with E-state index in [-0.39, 0.29) is 11.0 Å². The fourth-order valence-electron chi connectivity index (χ4n) is 7.81. The van der Waals surface area contributed by atoms with Crippen molar-refractivity contribution in [2.24, 2.45) is 17.3 Å². The van der Waals surface area contributed by atoms with Crippen LogP contribution in [0.2, 0.25) is 0 Å². The summed E-state index contributed by atoms with van der Waals surface area (Å²) in [6, 6.07) is 9.30. The van der Waals surface area contributed by atoms with Crippen LogP contribution in [0.4, 0.5) is 0 Å². The number of hydrogen-bond donors (Lipinski definition) is 0. The number of ether oxygens (including phenoxy) is 1. The Morgan fingerprint density at radius 2 is 1.94 bits per heavy atom. The summed E-state index contributed by atoms with van der Waals surface area (Å²) in [5.74, 6) is 2.06. The van der Waals surface area contributed by atoms with Crippen LogP contribution in [-0.2, 0) is 9.53 Å². The van der Waals surface area contributed by atoms with Crippen LogP contribution in [0.1, 0.15) is 63.4 Å². The summed E-state index contributed by atoms with van der Waals surface area (Å²) < 4.78 is 6.51. The van der Waals surface area contributed by atoms with Crippen molar-refractivity contribution in [2.45, 2.75) is 68.3 Å². The van der Waals surface area contributed by atoms with Crippen LogP contribution in [0.15, 0.2) is 64.1 Å². The van der Waals surface area contributed by atoms with Gasteiger partial charge in [-0.3, -0.25) is 4.79 Å². The topological polar surface area (TPSA) is 26.3 Å². The molecule has 31 heavy (non-hydrogen) atoms. The number of thioether (sulfide) groups is 1. The van der Waals surface area contributed by atoms with Crippen molar-refractivity contribution < 1.29 is 9.53 Å². The minimum Gasteiger partial charge on any atom is -0.366 e. The van der Waals surface area contributed by atoms with E-state index in [1.54, 1.807) is 11.1 Å². The Bertz CT molecular complexity index is 1020. The van der Waals surface area contributed by atoms with E-state index in [0.717, 1.165) is 32.3 Å². The van der Waals surface area contributed by atoms with Gasteiger partial charge in [-0.2, -0.15) is 0 Å². The molecule has 0 saturated heterocycles. The standard InChI is InChI=1S/C28H32O2S/c1-27-17-24(18-4-8-21(31-2)9-5-18)26-22-11-7-20(29)16-19(22)6-10-23(26)25(27)12-14-28(27)13-3-15-30-28/h3-5,8-9,13,16,23-25H,6-7,10-12,14-15,17H2,1-2H3/t23-,24+,25-,27-,28-/m0/s1. The molecule has 3 heteroatoms. The third kappa shape index (κ3) is 2.85. The van der Waals surface area contributed by atoms with Gasteiger partial charge in [-0.25, -0.2) is 0 Å². The van der Waals surface area contributed by atoms with Gasteiger partial charge in [0.05, 0.1) is 12.2 Å². The highest BCUT2D eigenvalue weighted by Gasteiger charge is 2.63. The second kappa shape index (κ2) is 7.22. The Morgan fingerprint density at radius 1 is 1.10 bits per heavy atom. The van der Waals surface area contributed by atoms with Crippen molar-refractivity contribution in [1.82, 2.24) is 0 Å². The average Bonchev–Trinajstić information content (AvgIpc) is 3.39. The highest BCUT2D eigenvalue weighted by Crippen LogP contribution is 2.68. The monoisotopic (exact) mass is 432 g/mol. The summed E-state index contributed by atoms with van der Waals surface area (Å²) >= 11 is 1.81. The van der Waals surface area contributed by atoms with Crippen LogP contribution in [0.5, 0.6) is 0 Å². The first-order chi connectivity index (χ1) is 15.0. The predicted octanol–water partition coefficient (Wildman–Crippen LogP) is 6.63. The minimum absolute atomic E-state index is 0.0794. The van der Waals surface area contributed by atoms with E-state index in [0.29, 0.717) is 30.0 Å². The number of carbonyl (C=O) groups is 1. The quantitative estimate of drug-likeness (QED) is 0.387. The van der Waals surface area contributed by atoms with Crippen molar-refractivity contribution in [3.8, 4) is 0 Å². The average molecular weight is 433 g/mol. The van der Waals surface area contributed by atoms with E-state index in [1.807, 2.05) is 17.8 Å². The summed E-state index contributed by atoms with van der Waals surface area (Å²) in [4.78, 5) is 13.5. The Morgan fingerprint density at radius 3 is 2.68 bits per heavy atom. The summed E-state index contributed by atoms with van der Waals surface area (Å²) in [6.45, 7) is 3.30. The first-order valence-electron chi connectivity index (χ1n) is 12.0. The third-order valence-electron chi connectivity index (χ3n) is 9.26. The summed E-state index contributed by atoms with van der Waals surface area (Å²) in [5.41, 5.74) is 6.12. The largest absolute Gasteiger partial charge is 0.366 e. The molecule has 2 nitrogen and oxygen atoms in total. The molecule has 5 aliphatic rings. The van der Waals surface area contributed by atoms with Gasteiger partial charge in [0.2, 0.25) is 0 Å². The van der Waals surface area contributed by atoms with Crippen LogP contribution in [-0.4, -0.2) is 24.2 Å². The Kier molecular flexibility index (Phi) is 4.67. The molecular formula is C28H32O2S. The fourth-order valence-corrected chi connectivity index (χ4v) is 8.22. The van der Waals surface area contributed by atoms with Gasteiger partial charge in [-0.05, 0) is 91.5 Å². The van der Waals surface area contributed by atoms with E-state index in [9.17, 15) is 4.79 Å². The maximum Gasteiger partial charge on any atom is 0.156 e. The maximum atomic E-state index is 12.2. The number of fused-ring (bicyclic) bond motifs is 5. The predicted molar refractivity (Wildman–Crippen MR) is 126 cm³/mol. The maximum absolute atomic E-state index is 12.2. The SMILES string of the molecule is CSc1ccc([C@H]2C[C@@]3(C)[C@@H](CC[C@@]34C=CCO4)[C@@H]3CCC4=CC(=O)CCC4=C32)cc1. The van der Waals surface area contributed by atoms with E-state index in [1.165, 1.54) is 28.9 Å². The summed E-state index contributed by atoms with van der Waals surface area (Å²) in [7, 11) is 0. The van der Waals surface area contributed by atoms with Crippen LogP contribution in [0.25, 0.3) is 0 Å². The highest BCUT2D eigenvalue weighted by atomic mass is 32.2. The molecule has 0 amide bonds. The zero-order valence-corrected chi connectivity index (χ0v) is 19.5. The number of benzene rings is 1. The lowest BCUT2D eigenvalue weighted by molar-refractivity contribution is -0.114. The number of allylic oxidation sites excluding steroid dienone is 4. The normalized spacial score (nSPS) is 38.8. The van der Waals surface area contributed by atoms with Crippen molar-refractivity contribution in [3.63, 3.8) is 0 Å². The van der Waals surface area contributed by atoms with Crippen LogP contribution >= 0.6 is 11.8 Å². The molecule has 1 heterocycles. The smallest absolute Gasteiger partial charge is 0.156 e. The van der Waals surface area contributed by atoms with Gasteiger partial charge >= 0.3 is 0 Å². The van der Waals surface area contributed by atoms with Gasteiger partial charge in [0.25, 0.3) is 0 Å². The summed E-state index contributed by atoms with van der Waals surface area (Å²) in [6.07, 6.45) is 16.2. The molecule has 1 aromatic rings. The van der Waals surface area contributed by atoms with Gasteiger partial charge in [-0.1, -0.05) is 36.8 Å². The highest BCUT2D eigenvalue weighted by molar-refractivity contribution is 7.98. The first kappa shape index (κ1) is 20.1. The lowest BCUT2D eigenvalue weighted by atomic mass is 9.51. The van der Waals surface area contributed by atoms with E-state index in [4.69, 9.17) is 4.74 Å². The van der Waals surface area contributed by atoms with Crippen LogP contribution in [0, 0.1) is 17.3 Å². The molecule has 6 rings (SSSR count). The van der Waals surface area contributed by atoms with E-state index in [2.05, 4.69) is 49.6 Å². The lowest BCUT2D eigenvalue weighted by Gasteiger charge is -2.54. The van der Waals surface area contributed by atoms with Gasteiger partial charge in [-0.15, -0.1) is 11.8 Å². The molecule has 0 N–H and O–H groups in total. The number of rotatable bonds is 2. The molecule has 0 aromatic heterocycles. The second-order valence-corrected chi connectivity index (χ2v) is 11.3. The van der Waals surface area contributed by atoms with Crippen molar-refractivity contribution in [3.05, 3.63) is 64.8 Å². The zero-order valence-electron chi connectivity index (χ0n) is 18.7. The molecule has 1 aromatic carbocycles. The lowest BCUT2D eigenvalue weighted by Crippen LogP contribution is -2.51. The second-order valence-electron chi connectivity index (χ2n) is 10.4. The minimum atomic E-state index is -0.0794. The molecule has 0 bridgehead atoms. The zero-order chi connectivity index (χ0) is 21.2. The van der Waals surface area contributed by atoms with Crippen LogP contribution < -0.4 is 0 Å². The first-order valence-corrected chi connectivity index (χ1v) is 13.2. The molecule has 4 aliphatic carbocycles. The van der Waals surface area contributed by atoms with E-state index < -0.39 is 0 Å². The third-order valence-corrected chi connectivity index (χ3v) is 10.0. The Hall–Kier alpha value is -1.58. The number of ketones is 1. The number of hydrogen-bond acceptors (Lipinski definition) is 3. The molecule has 2 saturated carbocycles. The van der Waals surface area contributed by atoms with Crippen molar-refractivity contribution in [1.29, 1.82) is 0 Å². The molecule has 1 aliphatic heterocycles.